The highest BCUT2D eigenvalue weighted by Gasteiger charge is 2.04. The first-order valence-corrected chi connectivity index (χ1v) is 7.44. The largest absolute Gasteiger partial charge is 0.423 e. The van der Waals surface area contributed by atoms with Crippen LogP contribution in [0.25, 0.3) is 11.5 Å². The summed E-state index contributed by atoms with van der Waals surface area (Å²) in [5, 5.41) is 11.6. The molecule has 3 aromatic rings. The third-order valence-electron chi connectivity index (χ3n) is 2.98. The van der Waals surface area contributed by atoms with Crippen molar-refractivity contribution in [3.8, 4) is 11.5 Å². The van der Waals surface area contributed by atoms with Gasteiger partial charge in [-0.25, -0.2) is 0 Å². The molecular weight excluding hydrogens is 354 g/mol. The van der Waals surface area contributed by atoms with Gasteiger partial charge in [0.1, 0.15) is 0 Å². The third kappa shape index (κ3) is 3.43. The first kappa shape index (κ1) is 14.1. The van der Waals surface area contributed by atoms with Crippen LogP contribution in [-0.2, 0) is 6.54 Å². The van der Waals surface area contributed by atoms with Gasteiger partial charge in [-0.3, -0.25) is 0 Å². The Morgan fingerprint density at radius 3 is 2.67 bits per heavy atom. The predicted octanol–water partition coefficient (Wildman–Crippen LogP) is 4.76. The van der Waals surface area contributed by atoms with Crippen LogP contribution in [0.15, 0.2) is 57.7 Å². The van der Waals surface area contributed by atoms with E-state index >= 15 is 0 Å². The van der Waals surface area contributed by atoms with Crippen molar-refractivity contribution in [1.82, 2.24) is 10.2 Å². The number of aromatic nitrogens is 2. The highest BCUT2D eigenvalue weighted by Crippen LogP contribution is 2.23. The average molecular weight is 365 g/mol. The molecule has 0 radical (unpaired) electrons. The molecule has 6 heteroatoms. The zero-order valence-corrected chi connectivity index (χ0v) is 13.2. The number of hydrogen-bond acceptors (Lipinski definition) is 4. The molecule has 0 bridgehead atoms. The van der Waals surface area contributed by atoms with E-state index in [2.05, 4.69) is 31.4 Å². The zero-order valence-electron chi connectivity index (χ0n) is 10.9. The van der Waals surface area contributed by atoms with Crippen molar-refractivity contribution in [2.24, 2.45) is 0 Å². The second-order valence-electron chi connectivity index (χ2n) is 4.41. The highest BCUT2D eigenvalue weighted by atomic mass is 79.9. The van der Waals surface area contributed by atoms with Crippen LogP contribution in [0.2, 0.25) is 5.02 Å². The van der Waals surface area contributed by atoms with E-state index in [9.17, 15) is 0 Å². The quantitative estimate of drug-likeness (QED) is 0.725. The van der Waals surface area contributed by atoms with Crippen LogP contribution in [0, 0.1) is 0 Å². The molecule has 4 nitrogen and oxygen atoms in total. The van der Waals surface area contributed by atoms with Crippen molar-refractivity contribution in [1.29, 1.82) is 0 Å². The Morgan fingerprint density at radius 1 is 1.14 bits per heavy atom. The van der Waals surface area contributed by atoms with E-state index in [1.807, 2.05) is 42.5 Å². The third-order valence-corrected chi connectivity index (χ3v) is 3.84. The van der Waals surface area contributed by atoms with Gasteiger partial charge in [-0.2, -0.15) is 0 Å². The van der Waals surface area contributed by atoms with Crippen molar-refractivity contribution in [2.75, 3.05) is 5.32 Å². The number of halogens is 2. The van der Waals surface area contributed by atoms with E-state index < -0.39 is 0 Å². The fourth-order valence-corrected chi connectivity index (χ4v) is 2.50. The molecule has 21 heavy (non-hydrogen) atoms. The van der Waals surface area contributed by atoms with E-state index in [4.69, 9.17) is 16.0 Å². The van der Waals surface area contributed by atoms with E-state index in [-0.39, 0.29) is 0 Å². The number of nitrogens with one attached hydrogen (secondary N) is 1. The summed E-state index contributed by atoms with van der Waals surface area (Å²) in [6, 6.07) is 13.6. The maximum atomic E-state index is 6.17. The van der Waals surface area contributed by atoms with Crippen LogP contribution in [0.3, 0.4) is 0 Å². The van der Waals surface area contributed by atoms with Gasteiger partial charge in [0.2, 0.25) is 12.3 Å². The summed E-state index contributed by atoms with van der Waals surface area (Å²) < 4.78 is 6.16. The summed E-state index contributed by atoms with van der Waals surface area (Å²) in [5.74, 6) is 0.511. The first-order valence-electron chi connectivity index (χ1n) is 6.27. The lowest BCUT2D eigenvalue weighted by molar-refractivity contribution is 0.568. The fourth-order valence-electron chi connectivity index (χ4n) is 1.91. The molecule has 0 aliphatic rings. The Bertz CT molecular complexity index is 729. The molecule has 0 aliphatic heterocycles. The van der Waals surface area contributed by atoms with E-state index in [1.54, 1.807) is 0 Å². The molecule has 0 fully saturated rings. The molecular formula is C15H11BrClN3O. The van der Waals surface area contributed by atoms with Gasteiger partial charge in [-0.15, -0.1) is 10.2 Å². The van der Waals surface area contributed by atoms with Gasteiger partial charge in [0.25, 0.3) is 0 Å². The molecule has 2 aromatic carbocycles. The monoisotopic (exact) mass is 363 g/mol. The first-order chi connectivity index (χ1) is 10.2. The maximum absolute atomic E-state index is 6.17. The smallest absolute Gasteiger partial charge is 0.247 e. The predicted molar refractivity (Wildman–Crippen MR) is 86.2 cm³/mol. The summed E-state index contributed by atoms with van der Waals surface area (Å²) in [4.78, 5) is 0. The summed E-state index contributed by atoms with van der Waals surface area (Å²) in [5.41, 5.74) is 2.92. The lowest BCUT2D eigenvalue weighted by Gasteiger charge is -2.09. The van der Waals surface area contributed by atoms with Crippen LogP contribution in [-0.4, -0.2) is 10.2 Å². The van der Waals surface area contributed by atoms with Crippen LogP contribution >= 0.6 is 27.5 Å². The summed E-state index contributed by atoms with van der Waals surface area (Å²) >= 11 is 9.61. The topological polar surface area (TPSA) is 51.0 Å². The number of hydrogen-bond donors (Lipinski definition) is 1. The molecule has 0 amide bonds. The van der Waals surface area contributed by atoms with E-state index in [0.29, 0.717) is 12.4 Å². The molecule has 0 aliphatic carbocycles. The van der Waals surface area contributed by atoms with Gasteiger partial charge in [0, 0.05) is 27.3 Å². The van der Waals surface area contributed by atoms with Crippen molar-refractivity contribution in [2.45, 2.75) is 6.54 Å². The average Bonchev–Trinajstić information content (AvgIpc) is 3.03. The van der Waals surface area contributed by atoms with Gasteiger partial charge < -0.3 is 9.73 Å². The standard InChI is InChI=1S/C15H11BrClN3O/c16-12-3-6-14(17)11(7-12)8-18-13-4-1-10(2-5-13)15-20-19-9-21-15/h1-7,9,18H,8H2. The van der Waals surface area contributed by atoms with Crippen LogP contribution in [0.5, 0.6) is 0 Å². The summed E-state index contributed by atoms with van der Waals surface area (Å²) in [6.45, 7) is 0.651. The molecule has 0 saturated heterocycles. The Balaban J connectivity index is 1.70. The molecule has 0 atom stereocenters. The van der Waals surface area contributed by atoms with E-state index in [0.717, 1.165) is 26.3 Å². The maximum Gasteiger partial charge on any atom is 0.247 e. The molecule has 0 unspecified atom stereocenters. The Labute approximate surface area is 135 Å². The minimum Gasteiger partial charge on any atom is -0.423 e. The minimum absolute atomic E-state index is 0.511. The zero-order chi connectivity index (χ0) is 14.7. The lowest BCUT2D eigenvalue weighted by atomic mass is 10.2. The Kier molecular flexibility index (Phi) is 4.22. The normalized spacial score (nSPS) is 10.6. The van der Waals surface area contributed by atoms with Gasteiger partial charge in [-0.1, -0.05) is 27.5 Å². The summed E-state index contributed by atoms with van der Waals surface area (Å²) in [6.07, 6.45) is 1.32. The van der Waals surface area contributed by atoms with Crippen molar-refractivity contribution >= 4 is 33.2 Å². The van der Waals surface area contributed by atoms with Gasteiger partial charge in [0.15, 0.2) is 0 Å². The number of benzene rings is 2. The van der Waals surface area contributed by atoms with Crippen molar-refractivity contribution < 1.29 is 4.42 Å². The Hall–Kier alpha value is -1.85. The summed E-state index contributed by atoms with van der Waals surface area (Å²) in [7, 11) is 0. The van der Waals surface area contributed by atoms with E-state index in [1.165, 1.54) is 6.39 Å². The van der Waals surface area contributed by atoms with Gasteiger partial charge in [-0.05, 0) is 48.0 Å². The molecule has 1 N–H and O–H groups in total. The second-order valence-corrected chi connectivity index (χ2v) is 5.73. The Morgan fingerprint density at radius 2 is 1.95 bits per heavy atom. The molecule has 3 rings (SSSR count). The second kappa shape index (κ2) is 6.28. The molecule has 0 spiro atoms. The SMILES string of the molecule is Clc1ccc(Br)cc1CNc1ccc(-c2nnco2)cc1. The fraction of sp³-hybridized carbons (Fsp3) is 0.0667. The number of anilines is 1. The minimum atomic E-state index is 0.511. The molecule has 0 saturated carbocycles. The van der Waals surface area contributed by atoms with Crippen molar-refractivity contribution in [3.63, 3.8) is 0 Å². The molecule has 106 valence electrons. The van der Waals surface area contributed by atoms with Crippen LogP contribution in [0.1, 0.15) is 5.56 Å². The van der Waals surface area contributed by atoms with Gasteiger partial charge >= 0.3 is 0 Å². The van der Waals surface area contributed by atoms with Crippen LogP contribution in [0.4, 0.5) is 5.69 Å². The van der Waals surface area contributed by atoms with Crippen LogP contribution < -0.4 is 5.32 Å². The molecule has 1 aromatic heterocycles. The lowest BCUT2D eigenvalue weighted by Crippen LogP contribution is -2.00. The highest BCUT2D eigenvalue weighted by molar-refractivity contribution is 9.10. The van der Waals surface area contributed by atoms with Gasteiger partial charge in [0.05, 0.1) is 0 Å². The number of nitrogens with zero attached hydrogens (tertiary/aromatic N) is 2. The molecule has 1 heterocycles. The van der Waals surface area contributed by atoms with Crippen molar-refractivity contribution in [3.05, 3.63) is 63.9 Å². The number of rotatable bonds is 4.